The van der Waals surface area contributed by atoms with Crippen molar-refractivity contribution in [3.63, 3.8) is 0 Å². The summed E-state index contributed by atoms with van der Waals surface area (Å²) >= 11 is 0. The van der Waals surface area contributed by atoms with Crippen LogP contribution in [0.2, 0.25) is 0 Å². The predicted molar refractivity (Wildman–Crippen MR) is 57.7 cm³/mol. The topological polar surface area (TPSA) is 41.6 Å². The fourth-order valence-electron chi connectivity index (χ4n) is 2.22. The van der Waals surface area contributed by atoms with E-state index in [1.54, 1.807) is 0 Å². The Morgan fingerprint density at radius 2 is 2.07 bits per heavy atom. The van der Waals surface area contributed by atoms with Crippen molar-refractivity contribution >= 4 is 6.09 Å². The third-order valence-electron chi connectivity index (χ3n) is 3.42. The maximum atomic E-state index is 11.8. The number of hydrogen-bond donors (Lipinski definition) is 1. The van der Waals surface area contributed by atoms with Gasteiger partial charge in [-0.15, -0.1) is 0 Å². The summed E-state index contributed by atoms with van der Waals surface area (Å²) in [4.78, 5) is 13.6. The van der Waals surface area contributed by atoms with Gasteiger partial charge in [-0.3, -0.25) is 0 Å². The molecule has 2 heterocycles. The summed E-state index contributed by atoms with van der Waals surface area (Å²) in [6.07, 6.45) is -0.174. The fourth-order valence-corrected chi connectivity index (χ4v) is 2.22. The van der Waals surface area contributed by atoms with Crippen molar-refractivity contribution in [2.24, 2.45) is 5.41 Å². The molecule has 4 nitrogen and oxygen atoms in total. The number of nitrogens with zero attached hydrogens (tertiary/aromatic N) is 1. The van der Waals surface area contributed by atoms with Crippen molar-refractivity contribution in [2.75, 3.05) is 19.6 Å². The SMILES string of the molecule is C[C@H]1N(C(=O)OC(C)(C)C)CC12CNC2. The van der Waals surface area contributed by atoms with Crippen molar-refractivity contribution in [1.29, 1.82) is 0 Å². The van der Waals surface area contributed by atoms with E-state index < -0.39 is 5.60 Å². The third-order valence-corrected chi connectivity index (χ3v) is 3.42. The number of ether oxygens (including phenoxy) is 1. The van der Waals surface area contributed by atoms with Crippen LogP contribution in [-0.2, 0) is 4.74 Å². The van der Waals surface area contributed by atoms with Crippen LogP contribution in [0.4, 0.5) is 4.79 Å². The number of likely N-dealkylation sites (tertiary alicyclic amines) is 1. The van der Waals surface area contributed by atoms with Crippen LogP contribution in [0.5, 0.6) is 0 Å². The van der Waals surface area contributed by atoms with E-state index in [9.17, 15) is 4.79 Å². The minimum Gasteiger partial charge on any atom is -0.444 e. The highest BCUT2D eigenvalue weighted by atomic mass is 16.6. The molecule has 1 atom stereocenters. The molecule has 15 heavy (non-hydrogen) atoms. The Kier molecular flexibility index (Phi) is 2.23. The molecule has 0 aromatic rings. The van der Waals surface area contributed by atoms with Crippen LogP contribution in [0.25, 0.3) is 0 Å². The second-order valence-electron chi connectivity index (χ2n) is 5.75. The second kappa shape index (κ2) is 3.11. The Balaban J connectivity index is 1.89. The van der Waals surface area contributed by atoms with Gasteiger partial charge >= 0.3 is 6.09 Å². The molecule has 2 saturated heterocycles. The van der Waals surface area contributed by atoms with E-state index >= 15 is 0 Å². The van der Waals surface area contributed by atoms with E-state index in [-0.39, 0.29) is 6.09 Å². The summed E-state index contributed by atoms with van der Waals surface area (Å²) in [5.74, 6) is 0. The van der Waals surface area contributed by atoms with Gasteiger partial charge in [-0.25, -0.2) is 4.79 Å². The Bertz CT molecular complexity index is 279. The average molecular weight is 212 g/mol. The molecule has 86 valence electrons. The lowest BCUT2D eigenvalue weighted by Gasteiger charge is -2.60. The van der Waals surface area contributed by atoms with Gasteiger partial charge in [0.05, 0.1) is 0 Å². The Hall–Kier alpha value is -0.770. The van der Waals surface area contributed by atoms with Gasteiger partial charge in [-0.05, 0) is 27.7 Å². The molecule has 2 fully saturated rings. The number of hydrogen-bond acceptors (Lipinski definition) is 3. The van der Waals surface area contributed by atoms with Crippen molar-refractivity contribution < 1.29 is 9.53 Å². The van der Waals surface area contributed by atoms with Crippen LogP contribution < -0.4 is 5.32 Å². The number of carbonyl (C=O) groups excluding carboxylic acids is 1. The highest BCUT2D eigenvalue weighted by molar-refractivity contribution is 5.70. The van der Waals surface area contributed by atoms with Crippen molar-refractivity contribution in [2.45, 2.75) is 39.3 Å². The van der Waals surface area contributed by atoms with Crippen LogP contribution >= 0.6 is 0 Å². The lowest BCUT2D eigenvalue weighted by molar-refractivity contribution is -0.0979. The zero-order chi connectivity index (χ0) is 11.3. The van der Waals surface area contributed by atoms with E-state index in [0.29, 0.717) is 11.5 Å². The maximum absolute atomic E-state index is 11.8. The first kappa shape index (κ1) is 10.7. The van der Waals surface area contributed by atoms with E-state index in [4.69, 9.17) is 4.74 Å². The predicted octanol–water partition coefficient (Wildman–Crippen LogP) is 1.22. The first-order valence-electron chi connectivity index (χ1n) is 5.54. The van der Waals surface area contributed by atoms with Crippen LogP contribution in [0.15, 0.2) is 0 Å². The molecule has 0 aromatic carbocycles. The maximum Gasteiger partial charge on any atom is 0.410 e. The summed E-state index contributed by atoms with van der Waals surface area (Å²) in [5.41, 5.74) is -0.0473. The third kappa shape index (κ3) is 1.71. The lowest BCUT2D eigenvalue weighted by Crippen LogP contribution is -2.76. The second-order valence-corrected chi connectivity index (χ2v) is 5.75. The summed E-state index contributed by atoms with van der Waals surface area (Å²) in [5, 5.41) is 3.26. The molecule has 2 rings (SSSR count). The number of rotatable bonds is 0. The Morgan fingerprint density at radius 3 is 2.40 bits per heavy atom. The smallest absolute Gasteiger partial charge is 0.410 e. The number of amides is 1. The summed E-state index contributed by atoms with van der Waals surface area (Å²) in [6, 6.07) is 0.314. The van der Waals surface area contributed by atoms with E-state index in [1.807, 2.05) is 25.7 Å². The van der Waals surface area contributed by atoms with Crippen LogP contribution in [0.3, 0.4) is 0 Å². The molecule has 2 aliphatic rings. The van der Waals surface area contributed by atoms with Crippen molar-refractivity contribution in [1.82, 2.24) is 10.2 Å². The highest BCUT2D eigenvalue weighted by Gasteiger charge is 2.56. The van der Waals surface area contributed by atoms with E-state index in [1.165, 1.54) is 0 Å². The molecule has 0 radical (unpaired) electrons. The first-order valence-corrected chi connectivity index (χ1v) is 5.54. The van der Waals surface area contributed by atoms with Gasteiger partial charge in [-0.2, -0.15) is 0 Å². The van der Waals surface area contributed by atoms with E-state index in [2.05, 4.69) is 12.2 Å². The Labute approximate surface area is 91.0 Å². The van der Waals surface area contributed by atoms with Crippen LogP contribution in [0.1, 0.15) is 27.7 Å². The molecule has 0 aliphatic carbocycles. The number of nitrogens with one attached hydrogen (secondary N) is 1. The van der Waals surface area contributed by atoms with Crippen LogP contribution in [-0.4, -0.2) is 42.3 Å². The molecule has 1 spiro atoms. The molecular formula is C11H20N2O2. The van der Waals surface area contributed by atoms with Gasteiger partial charge in [0.2, 0.25) is 0 Å². The molecule has 0 unspecified atom stereocenters. The van der Waals surface area contributed by atoms with E-state index in [0.717, 1.165) is 19.6 Å². The summed E-state index contributed by atoms with van der Waals surface area (Å²) in [6.45, 7) is 10.7. The highest BCUT2D eigenvalue weighted by Crippen LogP contribution is 2.41. The van der Waals surface area contributed by atoms with Gasteiger partial charge in [-0.1, -0.05) is 0 Å². The first-order chi connectivity index (χ1) is 6.84. The van der Waals surface area contributed by atoms with Gasteiger partial charge in [0.25, 0.3) is 0 Å². The Morgan fingerprint density at radius 1 is 1.47 bits per heavy atom. The normalized spacial score (nSPS) is 28.3. The van der Waals surface area contributed by atoms with Crippen molar-refractivity contribution in [3.8, 4) is 0 Å². The standard InChI is InChI=1S/C11H20N2O2/c1-8-11(5-12-6-11)7-13(8)9(14)15-10(2,3)4/h8,12H,5-7H2,1-4H3/t8-/m1/s1. The van der Waals surface area contributed by atoms with Gasteiger partial charge in [0.15, 0.2) is 0 Å². The molecule has 1 N–H and O–H groups in total. The quantitative estimate of drug-likeness (QED) is 0.656. The fraction of sp³-hybridized carbons (Fsp3) is 0.909. The van der Waals surface area contributed by atoms with Gasteiger partial charge < -0.3 is 15.0 Å². The number of carbonyl (C=O) groups is 1. The molecule has 0 bridgehead atoms. The van der Waals surface area contributed by atoms with Gasteiger partial charge in [0, 0.05) is 31.1 Å². The summed E-state index contributed by atoms with van der Waals surface area (Å²) < 4.78 is 5.34. The molecule has 0 saturated carbocycles. The minimum absolute atomic E-state index is 0.174. The molecule has 2 aliphatic heterocycles. The molecular weight excluding hydrogens is 192 g/mol. The zero-order valence-corrected chi connectivity index (χ0v) is 9.96. The molecule has 1 amide bonds. The van der Waals surface area contributed by atoms with Crippen LogP contribution in [0, 0.1) is 5.41 Å². The monoisotopic (exact) mass is 212 g/mol. The lowest BCUT2D eigenvalue weighted by atomic mass is 9.68. The largest absolute Gasteiger partial charge is 0.444 e. The summed E-state index contributed by atoms with van der Waals surface area (Å²) in [7, 11) is 0. The molecule has 4 heteroatoms. The molecule has 0 aromatic heterocycles. The minimum atomic E-state index is -0.391. The van der Waals surface area contributed by atoms with Crippen molar-refractivity contribution in [3.05, 3.63) is 0 Å². The van der Waals surface area contributed by atoms with Gasteiger partial charge in [0.1, 0.15) is 5.60 Å². The average Bonchev–Trinajstić information content (AvgIpc) is 1.95. The zero-order valence-electron chi connectivity index (χ0n) is 9.96.